The minimum Gasteiger partial charge on any atom is -0.340 e. The number of rotatable bonds is 7. The van der Waals surface area contributed by atoms with E-state index < -0.39 is 0 Å². The highest BCUT2D eigenvalue weighted by molar-refractivity contribution is 8.01. The van der Waals surface area contributed by atoms with Crippen LogP contribution in [0, 0.1) is 5.82 Å². The number of nitrogens with zero attached hydrogens (tertiary/aromatic N) is 3. The number of para-hydroxylation sites is 1. The van der Waals surface area contributed by atoms with Crippen molar-refractivity contribution in [1.82, 2.24) is 15.1 Å². The lowest BCUT2D eigenvalue weighted by Crippen LogP contribution is -2.27. The molecule has 0 unspecified atom stereocenters. The average Bonchev–Trinajstić information content (AvgIpc) is 3.23. The number of carbonyl (C=O) groups excluding carboxylic acids is 1. The molecule has 10 heteroatoms. The fourth-order valence-corrected chi connectivity index (χ4v) is 4.83. The van der Waals surface area contributed by atoms with Crippen LogP contribution in [0.5, 0.6) is 0 Å². The summed E-state index contributed by atoms with van der Waals surface area (Å²) >= 11 is 9.94. The summed E-state index contributed by atoms with van der Waals surface area (Å²) in [5, 5.41) is 11.4. The number of thiophene rings is 1. The Kier molecular flexibility index (Phi) is 6.47. The van der Waals surface area contributed by atoms with Crippen LogP contribution >= 0.6 is 46.0 Å². The fourth-order valence-electron chi connectivity index (χ4n) is 1.99. The molecule has 26 heavy (non-hydrogen) atoms. The lowest BCUT2D eigenvalue weighted by atomic mass is 10.3. The van der Waals surface area contributed by atoms with Gasteiger partial charge in [0, 0.05) is 11.9 Å². The van der Waals surface area contributed by atoms with Gasteiger partial charge in [-0.1, -0.05) is 46.8 Å². The molecule has 0 spiro atoms. The number of nitrogens with one attached hydrogen (secondary N) is 1. The summed E-state index contributed by atoms with van der Waals surface area (Å²) in [6.45, 7) is 0.521. The molecule has 0 saturated carbocycles. The van der Waals surface area contributed by atoms with Gasteiger partial charge in [-0.15, -0.1) is 21.5 Å². The summed E-state index contributed by atoms with van der Waals surface area (Å²) in [7, 11) is 1.75. The van der Waals surface area contributed by atoms with Gasteiger partial charge < -0.3 is 10.2 Å². The van der Waals surface area contributed by atoms with E-state index in [0.29, 0.717) is 26.0 Å². The molecule has 0 aliphatic heterocycles. The molecular formula is C16H14ClFN4OS3. The van der Waals surface area contributed by atoms with Crippen LogP contribution < -0.4 is 5.32 Å². The highest BCUT2D eigenvalue weighted by Gasteiger charge is 2.13. The Hall–Kier alpha value is -1.68. The number of hydrogen-bond acceptors (Lipinski definition) is 7. The van der Waals surface area contributed by atoms with Gasteiger partial charge >= 0.3 is 0 Å². The first-order chi connectivity index (χ1) is 12.5. The number of benzene rings is 1. The van der Waals surface area contributed by atoms with Crippen molar-refractivity contribution in [1.29, 1.82) is 0 Å². The second-order valence-corrected chi connectivity index (χ2v) is 9.22. The van der Waals surface area contributed by atoms with E-state index in [0.717, 1.165) is 4.88 Å². The quantitative estimate of drug-likeness (QED) is 0.543. The van der Waals surface area contributed by atoms with E-state index in [1.54, 1.807) is 30.1 Å². The molecule has 1 amide bonds. The van der Waals surface area contributed by atoms with Crippen molar-refractivity contribution in [3.63, 3.8) is 0 Å². The maximum Gasteiger partial charge on any atom is 0.233 e. The molecule has 2 heterocycles. The van der Waals surface area contributed by atoms with Gasteiger partial charge in [0.25, 0.3) is 0 Å². The van der Waals surface area contributed by atoms with Crippen molar-refractivity contribution in [3.05, 3.63) is 51.4 Å². The third kappa shape index (κ3) is 5.16. The molecule has 3 aromatic rings. The van der Waals surface area contributed by atoms with E-state index in [2.05, 4.69) is 15.5 Å². The highest BCUT2D eigenvalue weighted by Crippen LogP contribution is 2.29. The van der Waals surface area contributed by atoms with Gasteiger partial charge in [0.15, 0.2) is 4.34 Å². The first kappa shape index (κ1) is 19.1. The smallest absolute Gasteiger partial charge is 0.233 e. The first-order valence-electron chi connectivity index (χ1n) is 7.47. The van der Waals surface area contributed by atoms with Crippen LogP contribution in [-0.4, -0.2) is 33.8 Å². The molecule has 0 atom stereocenters. The van der Waals surface area contributed by atoms with Gasteiger partial charge in [0.1, 0.15) is 5.82 Å². The molecular weight excluding hydrogens is 415 g/mol. The van der Waals surface area contributed by atoms with Gasteiger partial charge in [0.05, 0.1) is 22.3 Å². The van der Waals surface area contributed by atoms with E-state index >= 15 is 0 Å². The molecule has 1 N–H and O–H groups in total. The Morgan fingerprint density at radius 3 is 2.81 bits per heavy atom. The molecule has 0 aliphatic rings. The zero-order chi connectivity index (χ0) is 18.5. The van der Waals surface area contributed by atoms with Crippen LogP contribution in [0.4, 0.5) is 15.2 Å². The first-order valence-corrected chi connectivity index (χ1v) is 10.5. The van der Waals surface area contributed by atoms with Crippen LogP contribution in [0.2, 0.25) is 4.34 Å². The highest BCUT2D eigenvalue weighted by atomic mass is 35.5. The Labute approximate surface area is 167 Å². The van der Waals surface area contributed by atoms with E-state index in [4.69, 9.17) is 11.6 Å². The summed E-state index contributed by atoms with van der Waals surface area (Å²) in [6.07, 6.45) is 0. The molecule has 0 saturated heterocycles. The second kappa shape index (κ2) is 8.81. The number of carbonyl (C=O) groups is 1. The van der Waals surface area contributed by atoms with E-state index in [9.17, 15) is 9.18 Å². The summed E-state index contributed by atoms with van der Waals surface area (Å²) in [5.74, 6) is -0.120. The molecule has 0 bridgehead atoms. The summed E-state index contributed by atoms with van der Waals surface area (Å²) in [5.41, 5.74) is 0.339. The van der Waals surface area contributed by atoms with E-state index in [1.807, 2.05) is 12.1 Å². The van der Waals surface area contributed by atoms with Crippen molar-refractivity contribution in [2.75, 3.05) is 18.1 Å². The monoisotopic (exact) mass is 428 g/mol. The SMILES string of the molecule is CN(Cc1ccc(Cl)s1)C(=O)CSc1nnc(Nc2ccccc2F)s1. The number of aromatic nitrogens is 2. The molecule has 3 rings (SSSR count). The molecule has 0 fully saturated rings. The van der Waals surface area contributed by atoms with E-state index in [1.165, 1.54) is 40.5 Å². The lowest BCUT2D eigenvalue weighted by Gasteiger charge is -2.15. The molecule has 136 valence electrons. The van der Waals surface area contributed by atoms with E-state index in [-0.39, 0.29) is 17.5 Å². The Morgan fingerprint density at radius 2 is 2.08 bits per heavy atom. The molecule has 0 radical (unpaired) electrons. The fraction of sp³-hybridized carbons (Fsp3) is 0.188. The second-order valence-electron chi connectivity index (χ2n) is 5.22. The zero-order valence-corrected chi connectivity index (χ0v) is 16.8. The zero-order valence-electron chi connectivity index (χ0n) is 13.6. The maximum absolute atomic E-state index is 13.6. The predicted molar refractivity (Wildman–Crippen MR) is 106 cm³/mol. The van der Waals surface area contributed by atoms with Gasteiger partial charge in [-0.05, 0) is 24.3 Å². The minimum absolute atomic E-state index is 0.0154. The van der Waals surface area contributed by atoms with Crippen molar-refractivity contribution in [3.8, 4) is 0 Å². The van der Waals surface area contributed by atoms with Crippen LogP contribution in [0.3, 0.4) is 0 Å². The normalized spacial score (nSPS) is 10.7. The third-order valence-corrected chi connectivity index (χ3v) is 6.46. The summed E-state index contributed by atoms with van der Waals surface area (Å²) in [4.78, 5) is 14.9. The van der Waals surface area contributed by atoms with Crippen LogP contribution in [0.1, 0.15) is 4.88 Å². The maximum atomic E-state index is 13.6. The lowest BCUT2D eigenvalue weighted by molar-refractivity contribution is -0.127. The average molecular weight is 429 g/mol. The molecule has 2 aromatic heterocycles. The third-order valence-electron chi connectivity index (χ3n) is 3.29. The van der Waals surface area contributed by atoms with Crippen LogP contribution in [-0.2, 0) is 11.3 Å². The molecule has 5 nitrogen and oxygen atoms in total. The van der Waals surface area contributed by atoms with Gasteiger partial charge in [-0.2, -0.15) is 0 Å². The number of anilines is 2. The summed E-state index contributed by atoms with van der Waals surface area (Å²) in [6, 6.07) is 10.1. The van der Waals surface area contributed by atoms with Crippen LogP contribution in [0.15, 0.2) is 40.7 Å². The van der Waals surface area contributed by atoms with Crippen LogP contribution in [0.25, 0.3) is 0 Å². The number of amides is 1. The standard InChI is InChI=1S/C16H14ClFN4OS3/c1-22(8-10-6-7-13(17)25-10)14(23)9-24-16-21-20-15(26-16)19-12-5-3-2-4-11(12)18/h2-7H,8-9H2,1H3,(H,19,20). The minimum atomic E-state index is -0.359. The largest absolute Gasteiger partial charge is 0.340 e. The van der Waals surface area contributed by atoms with Crippen molar-refractivity contribution in [2.24, 2.45) is 0 Å². The number of thioether (sulfide) groups is 1. The molecule has 0 aliphatic carbocycles. The van der Waals surface area contributed by atoms with Gasteiger partial charge in [0.2, 0.25) is 11.0 Å². The summed E-state index contributed by atoms with van der Waals surface area (Å²) < 4.78 is 15.0. The topological polar surface area (TPSA) is 58.1 Å². The number of halogens is 2. The molecule has 1 aromatic carbocycles. The number of hydrogen-bond donors (Lipinski definition) is 1. The van der Waals surface area contributed by atoms with Gasteiger partial charge in [-0.3, -0.25) is 4.79 Å². The van der Waals surface area contributed by atoms with Crippen molar-refractivity contribution >= 4 is 62.8 Å². The Bertz CT molecular complexity index is 901. The van der Waals surface area contributed by atoms with Crippen molar-refractivity contribution < 1.29 is 9.18 Å². The van der Waals surface area contributed by atoms with Gasteiger partial charge in [-0.25, -0.2) is 4.39 Å². The predicted octanol–water partition coefficient (Wildman–Crippen LogP) is 4.89. The Morgan fingerprint density at radius 1 is 1.27 bits per heavy atom. The van der Waals surface area contributed by atoms with Crippen molar-refractivity contribution in [2.45, 2.75) is 10.9 Å². The Balaban J connectivity index is 1.51.